The molecule has 42 heavy (non-hydrogen) atoms. The number of ether oxygens (including phenoxy) is 1. The van der Waals surface area contributed by atoms with Crippen LogP contribution in [0.4, 0.5) is 16.6 Å². The second kappa shape index (κ2) is 11.6. The van der Waals surface area contributed by atoms with Gasteiger partial charge in [-0.1, -0.05) is 17.7 Å². The highest BCUT2D eigenvalue weighted by molar-refractivity contribution is 6.32. The third-order valence-corrected chi connectivity index (χ3v) is 8.45. The zero-order valence-corrected chi connectivity index (χ0v) is 26.1. The first-order chi connectivity index (χ1) is 19.8. The normalized spacial score (nSPS) is 18.4. The Kier molecular flexibility index (Phi) is 8.24. The number of pyridine rings is 1. The average Bonchev–Trinajstić information content (AvgIpc) is 3.21. The van der Waals surface area contributed by atoms with Crippen LogP contribution in [0.15, 0.2) is 36.8 Å². The van der Waals surface area contributed by atoms with Crippen LogP contribution in [0.25, 0.3) is 5.65 Å². The summed E-state index contributed by atoms with van der Waals surface area (Å²) in [5.74, 6) is 1.15. The smallest absolute Gasteiger partial charge is 0.407 e. The number of carbonyl (C=O) groups is 2. The molecule has 1 unspecified atom stereocenters. The number of alkyl carbamates (subject to hydrolysis) is 1. The highest BCUT2D eigenvalue weighted by atomic mass is 35.5. The first-order valence-electron chi connectivity index (χ1n) is 14.6. The number of fused-ring (bicyclic) bond motifs is 1. The molecule has 1 atom stereocenters. The number of nitrogens with zero attached hydrogens (tertiary/aromatic N) is 7. The summed E-state index contributed by atoms with van der Waals surface area (Å²) >= 11 is 6.54. The largest absolute Gasteiger partial charge is 0.444 e. The number of hydrogen-bond donors (Lipinski definition) is 1. The van der Waals surface area contributed by atoms with Gasteiger partial charge in [0.2, 0.25) is 11.9 Å². The van der Waals surface area contributed by atoms with E-state index in [0.29, 0.717) is 36.4 Å². The predicted molar refractivity (Wildman–Crippen MR) is 163 cm³/mol. The number of carbonyl (C=O) groups excluding carboxylic acids is 2. The summed E-state index contributed by atoms with van der Waals surface area (Å²) in [6.07, 6.45) is 7.56. The number of hydrogen-bond acceptors (Lipinski definition) is 8. The van der Waals surface area contributed by atoms with Crippen LogP contribution >= 0.6 is 11.6 Å². The van der Waals surface area contributed by atoms with Crippen molar-refractivity contribution in [2.24, 2.45) is 5.92 Å². The standard InChI is InChI=1S/C30H41ClN8O3/c1-29(2,3)42-28(41)34-21-10-9-13-37(15-12-21)27-33-16-22(31)25(35-27)38-18-20(19-38)26(40)36(6)30(4,5)23-17-32-24-11-7-8-14-39(23)24/h7-8,11,14,16-17,20-21H,9-10,12-13,15,18-19H2,1-6H3,(H,34,41). The molecule has 5 rings (SSSR count). The van der Waals surface area contributed by atoms with Gasteiger partial charge in [-0.15, -0.1) is 0 Å². The molecule has 0 spiro atoms. The van der Waals surface area contributed by atoms with Gasteiger partial charge in [0.15, 0.2) is 5.82 Å². The third-order valence-electron chi connectivity index (χ3n) is 8.19. The van der Waals surface area contributed by atoms with Crippen LogP contribution < -0.4 is 15.1 Å². The Morgan fingerprint density at radius 2 is 1.81 bits per heavy atom. The molecule has 2 saturated heterocycles. The second-order valence-corrected chi connectivity index (χ2v) is 13.1. The summed E-state index contributed by atoms with van der Waals surface area (Å²) < 4.78 is 7.45. The van der Waals surface area contributed by atoms with Gasteiger partial charge in [-0.05, 0) is 66.0 Å². The van der Waals surface area contributed by atoms with Crippen molar-refractivity contribution < 1.29 is 14.3 Å². The molecule has 0 bridgehead atoms. The van der Waals surface area contributed by atoms with E-state index in [1.54, 1.807) is 6.20 Å². The van der Waals surface area contributed by atoms with E-state index in [1.807, 2.05) is 86.5 Å². The maximum atomic E-state index is 13.6. The summed E-state index contributed by atoms with van der Waals surface area (Å²) in [5.41, 5.74) is 0.718. The molecule has 5 heterocycles. The molecule has 0 aromatic carbocycles. The zero-order valence-electron chi connectivity index (χ0n) is 25.3. The number of rotatable bonds is 6. The Morgan fingerprint density at radius 1 is 1.05 bits per heavy atom. The summed E-state index contributed by atoms with van der Waals surface area (Å²) in [6.45, 7) is 12.2. The van der Waals surface area contributed by atoms with Crippen molar-refractivity contribution in [3.05, 3.63) is 47.5 Å². The van der Waals surface area contributed by atoms with Gasteiger partial charge in [0.05, 0.1) is 29.5 Å². The maximum absolute atomic E-state index is 13.6. The summed E-state index contributed by atoms with van der Waals surface area (Å²) in [5, 5.41) is 3.46. The van der Waals surface area contributed by atoms with Crippen molar-refractivity contribution in [3.8, 4) is 0 Å². The van der Waals surface area contributed by atoms with E-state index in [9.17, 15) is 9.59 Å². The SMILES string of the molecule is CN(C(=O)C1CN(c2nc(N3CCCC(NC(=O)OC(C)(C)C)CC3)ncc2Cl)C1)C(C)(C)c1cnc2ccccn12. The molecule has 11 nitrogen and oxygen atoms in total. The summed E-state index contributed by atoms with van der Waals surface area (Å²) in [7, 11) is 1.85. The van der Waals surface area contributed by atoms with E-state index >= 15 is 0 Å². The molecule has 2 fully saturated rings. The lowest BCUT2D eigenvalue weighted by Crippen LogP contribution is -2.57. The number of amides is 2. The molecule has 0 aliphatic carbocycles. The lowest BCUT2D eigenvalue weighted by molar-refractivity contribution is -0.140. The van der Waals surface area contributed by atoms with Gasteiger partial charge in [-0.3, -0.25) is 4.79 Å². The van der Waals surface area contributed by atoms with E-state index in [2.05, 4.69) is 20.2 Å². The van der Waals surface area contributed by atoms with Gasteiger partial charge in [0.1, 0.15) is 16.3 Å². The Labute approximate surface area is 252 Å². The van der Waals surface area contributed by atoms with Gasteiger partial charge < -0.3 is 29.2 Å². The molecule has 12 heteroatoms. The van der Waals surface area contributed by atoms with Crippen molar-refractivity contribution in [1.29, 1.82) is 0 Å². The molecule has 0 radical (unpaired) electrons. The molecule has 2 aliphatic heterocycles. The van der Waals surface area contributed by atoms with Crippen molar-refractivity contribution in [3.63, 3.8) is 0 Å². The Balaban J connectivity index is 1.20. The molecular formula is C30H41ClN8O3. The van der Waals surface area contributed by atoms with Gasteiger partial charge >= 0.3 is 6.09 Å². The van der Waals surface area contributed by atoms with Crippen molar-refractivity contribution in [2.75, 3.05) is 43.0 Å². The quantitative estimate of drug-likeness (QED) is 0.443. The third kappa shape index (κ3) is 6.25. The van der Waals surface area contributed by atoms with Gasteiger partial charge in [0, 0.05) is 45.5 Å². The van der Waals surface area contributed by atoms with Crippen LogP contribution in [0, 0.1) is 5.92 Å². The summed E-state index contributed by atoms with van der Waals surface area (Å²) in [6, 6.07) is 5.90. The van der Waals surface area contributed by atoms with E-state index in [-0.39, 0.29) is 24.0 Å². The molecule has 2 aliphatic rings. The fraction of sp³-hybridized carbons (Fsp3) is 0.567. The Morgan fingerprint density at radius 3 is 2.55 bits per heavy atom. The van der Waals surface area contributed by atoms with Crippen LogP contribution in [0.1, 0.15) is 59.6 Å². The highest BCUT2D eigenvalue weighted by Crippen LogP contribution is 2.34. The van der Waals surface area contributed by atoms with E-state index in [1.165, 1.54) is 0 Å². The van der Waals surface area contributed by atoms with Crippen LogP contribution in [0.3, 0.4) is 0 Å². The fourth-order valence-corrected chi connectivity index (χ4v) is 5.76. The predicted octanol–water partition coefficient (Wildman–Crippen LogP) is 4.49. The monoisotopic (exact) mass is 596 g/mol. The van der Waals surface area contributed by atoms with Crippen LogP contribution in [-0.2, 0) is 15.1 Å². The number of imidazole rings is 1. The Hall–Kier alpha value is -3.60. The minimum absolute atomic E-state index is 0.0283. The van der Waals surface area contributed by atoms with Crippen molar-refractivity contribution >= 4 is 41.0 Å². The maximum Gasteiger partial charge on any atom is 0.407 e. The zero-order chi connectivity index (χ0) is 30.2. The average molecular weight is 597 g/mol. The van der Waals surface area contributed by atoms with Crippen LogP contribution in [0.2, 0.25) is 5.02 Å². The van der Waals surface area contributed by atoms with Gasteiger partial charge in [-0.2, -0.15) is 4.98 Å². The van der Waals surface area contributed by atoms with E-state index in [4.69, 9.17) is 21.3 Å². The summed E-state index contributed by atoms with van der Waals surface area (Å²) in [4.78, 5) is 45.6. The number of anilines is 2. The van der Waals surface area contributed by atoms with Crippen molar-refractivity contribution in [2.45, 2.75) is 71.1 Å². The van der Waals surface area contributed by atoms with E-state index in [0.717, 1.165) is 37.1 Å². The van der Waals surface area contributed by atoms with E-state index < -0.39 is 11.1 Å². The lowest BCUT2D eigenvalue weighted by atomic mass is 9.93. The van der Waals surface area contributed by atoms with Gasteiger partial charge in [-0.25, -0.2) is 14.8 Å². The van der Waals surface area contributed by atoms with Crippen LogP contribution in [-0.4, -0.2) is 81.1 Å². The first-order valence-corrected chi connectivity index (χ1v) is 14.9. The topological polar surface area (TPSA) is 108 Å². The number of nitrogens with one attached hydrogen (secondary N) is 1. The molecular weight excluding hydrogens is 556 g/mol. The van der Waals surface area contributed by atoms with Gasteiger partial charge in [0.25, 0.3) is 0 Å². The Bertz CT molecular complexity index is 1450. The van der Waals surface area contributed by atoms with Crippen LogP contribution in [0.5, 0.6) is 0 Å². The lowest BCUT2D eigenvalue weighted by Gasteiger charge is -2.44. The molecule has 0 saturated carbocycles. The first kappa shape index (κ1) is 29.9. The number of aromatic nitrogens is 4. The molecule has 226 valence electrons. The minimum Gasteiger partial charge on any atom is -0.444 e. The van der Waals surface area contributed by atoms with Crippen molar-refractivity contribution in [1.82, 2.24) is 29.6 Å². The number of halogens is 1. The minimum atomic E-state index is -0.555. The molecule has 1 N–H and O–H groups in total. The fourth-order valence-electron chi connectivity index (χ4n) is 5.55. The highest BCUT2D eigenvalue weighted by Gasteiger charge is 2.41. The second-order valence-electron chi connectivity index (χ2n) is 12.7. The molecule has 2 amide bonds. The molecule has 3 aromatic heterocycles. The molecule has 3 aromatic rings.